The third-order valence-corrected chi connectivity index (χ3v) is 3.54. The van der Waals surface area contributed by atoms with Gasteiger partial charge in [-0.2, -0.15) is 0 Å². The Kier molecular flexibility index (Phi) is 4.90. The summed E-state index contributed by atoms with van der Waals surface area (Å²) in [5.74, 6) is -0.639. The van der Waals surface area contributed by atoms with Crippen molar-refractivity contribution in [3.63, 3.8) is 0 Å². The number of hydrogen-bond donors (Lipinski definition) is 1. The summed E-state index contributed by atoms with van der Waals surface area (Å²) in [5.41, 5.74) is 2.39. The van der Waals surface area contributed by atoms with Gasteiger partial charge in [0.1, 0.15) is 5.82 Å². The quantitative estimate of drug-likeness (QED) is 0.854. The molecule has 0 aliphatic rings. The number of nitrogens with one attached hydrogen (secondary N) is 1. The molecule has 0 atom stereocenters. The summed E-state index contributed by atoms with van der Waals surface area (Å²) >= 11 is 3.07. The first-order chi connectivity index (χ1) is 9.60. The first-order valence-electron chi connectivity index (χ1n) is 6.45. The van der Waals surface area contributed by atoms with Crippen LogP contribution in [0.1, 0.15) is 29.3 Å². The van der Waals surface area contributed by atoms with E-state index in [0.717, 1.165) is 18.5 Å². The van der Waals surface area contributed by atoms with E-state index in [1.165, 1.54) is 23.8 Å². The van der Waals surface area contributed by atoms with Crippen LogP contribution in [0.2, 0.25) is 0 Å². The molecule has 2 nitrogen and oxygen atoms in total. The van der Waals surface area contributed by atoms with Gasteiger partial charge in [-0.3, -0.25) is 4.79 Å². The molecule has 0 heterocycles. The minimum atomic E-state index is -0.384. The van der Waals surface area contributed by atoms with Crippen LogP contribution in [0.5, 0.6) is 0 Å². The summed E-state index contributed by atoms with van der Waals surface area (Å²) in [5, 5.41) is 2.79. The van der Waals surface area contributed by atoms with Gasteiger partial charge >= 0.3 is 0 Å². The first-order valence-corrected chi connectivity index (χ1v) is 7.25. The monoisotopic (exact) mass is 335 g/mol. The van der Waals surface area contributed by atoms with Crippen LogP contribution in [0.4, 0.5) is 10.1 Å². The average molecular weight is 336 g/mol. The fourth-order valence-corrected chi connectivity index (χ4v) is 2.26. The number of carbonyl (C=O) groups is 1. The second-order valence-corrected chi connectivity index (χ2v) is 5.38. The van der Waals surface area contributed by atoms with E-state index in [1.807, 2.05) is 24.3 Å². The highest BCUT2D eigenvalue weighted by Crippen LogP contribution is 2.18. The van der Waals surface area contributed by atoms with Crippen molar-refractivity contribution in [2.45, 2.75) is 19.8 Å². The number of benzene rings is 2. The molecule has 20 heavy (non-hydrogen) atoms. The molecule has 2 rings (SSSR count). The number of carbonyl (C=O) groups excluding carboxylic acids is 1. The summed E-state index contributed by atoms with van der Waals surface area (Å²) in [4.78, 5) is 12.0. The molecular weight excluding hydrogens is 321 g/mol. The summed E-state index contributed by atoms with van der Waals surface area (Å²) in [6.45, 7) is 2.13. The van der Waals surface area contributed by atoms with E-state index in [-0.39, 0.29) is 16.2 Å². The minimum absolute atomic E-state index is 0.256. The Bertz CT molecular complexity index is 610. The molecule has 0 saturated heterocycles. The van der Waals surface area contributed by atoms with Crippen molar-refractivity contribution < 1.29 is 9.18 Å². The van der Waals surface area contributed by atoms with Crippen LogP contribution >= 0.6 is 15.9 Å². The Morgan fingerprint density at radius 3 is 2.50 bits per heavy atom. The summed E-state index contributed by atoms with van der Waals surface area (Å²) in [6, 6.07) is 11.9. The Morgan fingerprint density at radius 2 is 1.90 bits per heavy atom. The summed E-state index contributed by atoms with van der Waals surface area (Å²) in [6.07, 6.45) is 2.12. The third-order valence-electron chi connectivity index (χ3n) is 2.93. The highest BCUT2D eigenvalue weighted by atomic mass is 79.9. The van der Waals surface area contributed by atoms with Crippen molar-refractivity contribution in [1.82, 2.24) is 0 Å². The molecule has 0 unspecified atom stereocenters. The predicted octanol–water partition coefficient (Wildman–Crippen LogP) is 4.79. The molecular formula is C16H15BrFNO. The Balaban J connectivity index is 2.08. The van der Waals surface area contributed by atoms with Crippen molar-refractivity contribution in [1.29, 1.82) is 0 Å². The van der Waals surface area contributed by atoms with E-state index < -0.39 is 0 Å². The van der Waals surface area contributed by atoms with Gasteiger partial charge in [0.05, 0.1) is 4.47 Å². The van der Waals surface area contributed by atoms with Gasteiger partial charge in [-0.1, -0.05) is 25.5 Å². The number of amides is 1. The van der Waals surface area contributed by atoms with Gasteiger partial charge in [0.25, 0.3) is 5.91 Å². The second kappa shape index (κ2) is 6.66. The molecule has 2 aromatic carbocycles. The molecule has 1 N–H and O–H groups in total. The van der Waals surface area contributed by atoms with Crippen LogP contribution in [0, 0.1) is 5.82 Å². The molecule has 0 spiro atoms. The van der Waals surface area contributed by atoms with Crippen LogP contribution in [0.25, 0.3) is 0 Å². The molecule has 0 fully saturated rings. The number of halogens is 2. The zero-order valence-electron chi connectivity index (χ0n) is 11.1. The molecule has 0 aromatic heterocycles. The highest BCUT2D eigenvalue weighted by Gasteiger charge is 2.08. The maximum atomic E-state index is 13.1. The molecule has 0 bridgehead atoms. The molecule has 4 heteroatoms. The van der Waals surface area contributed by atoms with Gasteiger partial charge in [0.2, 0.25) is 0 Å². The van der Waals surface area contributed by atoms with Gasteiger partial charge in [0.15, 0.2) is 0 Å². The number of anilines is 1. The standard InChI is InChI=1S/C16H15BrFNO/c1-2-3-11-4-7-13(8-5-11)19-16(20)12-6-9-15(18)14(17)10-12/h4-10H,2-3H2,1H3,(H,19,20). The van der Waals surface area contributed by atoms with Crippen molar-refractivity contribution in [2.75, 3.05) is 5.32 Å². The van der Waals surface area contributed by atoms with E-state index in [4.69, 9.17) is 0 Å². The maximum Gasteiger partial charge on any atom is 0.255 e. The largest absolute Gasteiger partial charge is 0.322 e. The van der Waals surface area contributed by atoms with E-state index in [0.29, 0.717) is 5.56 Å². The van der Waals surface area contributed by atoms with E-state index >= 15 is 0 Å². The normalized spacial score (nSPS) is 10.3. The van der Waals surface area contributed by atoms with Crippen molar-refractivity contribution in [3.05, 3.63) is 63.9 Å². The molecule has 1 amide bonds. The lowest BCUT2D eigenvalue weighted by Crippen LogP contribution is -2.12. The fraction of sp³-hybridized carbons (Fsp3) is 0.188. The van der Waals surface area contributed by atoms with Gasteiger partial charge in [0, 0.05) is 11.3 Å². The van der Waals surface area contributed by atoms with Gasteiger partial charge < -0.3 is 5.32 Å². The lowest BCUT2D eigenvalue weighted by Gasteiger charge is -2.07. The van der Waals surface area contributed by atoms with Gasteiger partial charge in [-0.05, 0) is 58.2 Å². The topological polar surface area (TPSA) is 29.1 Å². The Morgan fingerprint density at radius 1 is 1.20 bits per heavy atom. The van der Waals surface area contributed by atoms with Crippen LogP contribution < -0.4 is 5.32 Å². The minimum Gasteiger partial charge on any atom is -0.322 e. The highest BCUT2D eigenvalue weighted by molar-refractivity contribution is 9.10. The van der Waals surface area contributed by atoms with Crippen LogP contribution in [0.15, 0.2) is 46.9 Å². The molecule has 0 radical (unpaired) electrons. The molecule has 2 aromatic rings. The number of hydrogen-bond acceptors (Lipinski definition) is 1. The van der Waals surface area contributed by atoms with Crippen molar-refractivity contribution in [3.8, 4) is 0 Å². The van der Waals surface area contributed by atoms with E-state index in [2.05, 4.69) is 28.2 Å². The van der Waals surface area contributed by atoms with Crippen molar-refractivity contribution in [2.24, 2.45) is 0 Å². The molecule has 0 saturated carbocycles. The first kappa shape index (κ1) is 14.7. The van der Waals surface area contributed by atoms with Crippen LogP contribution in [-0.2, 0) is 6.42 Å². The molecule has 0 aliphatic heterocycles. The van der Waals surface area contributed by atoms with E-state index in [1.54, 1.807) is 0 Å². The smallest absolute Gasteiger partial charge is 0.255 e. The second-order valence-electron chi connectivity index (χ2n) is 4.53. The Hall–Kier alpha value is -1.68. The fourth-order valence-electron chi connectivity index (χ4n) is 1.88. The van der Waals surface area contributed by atoms with Crippen LogP contribution in [-0.4, -0.2) is 5.91 Å². The zero-order chi connectivity index (χ0) is 14.5. The zero-order valence-corrected chi connectivity index (χ0v) is 12.7. The van der Waals surface area contributed by atoms with Gasteiger partial charge in [-0.15, -0.1) is 0 Å². The van der Waals surface area contributed by atoms with Gasteiger partial charge in [-0.25, -0.2) is 4.39 Å². The lowest BCUT2D eigenvalue weighted by molar-refractivity contribution is 0.102. The van der Waals surface area contributed by atoms with Crippen LogP contribution in [0.3, 0.4) is 0 Å². The molecule has 0 aliphatic carbocycles. The average Bonchev–Trinajstić information content (AvgIpc) is 2.44. The molecule has 104 valence electrons. The SMILES string of the molecule is CCCc1ccc(NC(=O)c2ccc(F)c(Br)c2)cc1. The summed E-state index contributed by atoms with van der Waals surface area (Å²) in [7, 11) is 0. The number of aryl methyl sites for hydroxylation is 1. The maximum absolute atomic E-state index is 13.1. The van der Waals surface area contributed by atoms with E-state index in [9.17, 15) is 9.18 Å². The van der Waals surface area contributed by atoms with Crippen molar-refractivity contribution >= 4 is 27.5 Å². The third kappa shape index (κ3) is 3.67. The lowest BCUT2D eigenvalue weighted by atomic mass is 10.1. The Labute approximate surface area is 126 Å². The number of rotatable bonds is 4. The predicted molar refractivity (Wildman–Crippen MR) is 82.5 cm³/mol. The summed E-state index contributed by atoms with van der Waals surface area (Å²) < 4.78 is 13.4.